The monoisotopic (exact) mass is 459 g/mol. The molecule has 0 bridgehead atoms. The number of methoxy groups -OCH3 is 2. The van der Waals surface area contributed by atoms with Gasteiger partial charge in [0.05, 0.1) is 31.2 Å². The normalized spacial score (nSPS) is 15.0. The van der Waals surface area contributed by atoms with Crippen LogP contribution in [0.3, 0.4) is 0 Å². The molecule has 1 amide bonds. The quantitative estimate of drug-likeness (QED) is 0.417. The predicted octanol–water partition coefficient (Wildman–Crippen LogP) is 4.74. The molecule has 0 radical (unpaired) electrons. The Morgan fingerprint density at radius 3 is 2.44 bits per heavy atom. The van der Waals surface area contributed by atoms with Crippen LogP contribution in [0.2, 0.25) is 0 Å². The van der Waals surface area contributed by atoms with E-state index >= 15 is 0 Å². The standard InChI is InChI=1S/C27H22FNO5/c1-32-19-9-6-16(7-10-19)12-13-29-24(17-4-3-5-20(14-17)33-2)23-25(30)21-15-18(28)8-11-22(21)34-26(23)27(29)31/h3-11,14-15,24H,12-13H2,1-2H3/t24-/m0/s1. The predicted molar refractivity (Wildman–Crippen MR) is 125 cm³/mol. The summed E-state index contributed by atoms with van der Waals surface area (Å²) in [7, 11) is 3.16. The Kier molecular flexibility index (Phi) is 5.53. The van der Waals surface area contributed by atoms with Gasteiger partial charge in [0.1, 0.15) is 22.9 Å². The van der Waals surface area contributed by atoms with Crippen LogP contribution in [0.4, 0.5) is 4.39 Å². The first-order valence-electron chi connectivity index (χ1n) is 10.8. The second kappa shape index (κ2) is 8.67. The zero-order valence-corrected chi connectivity index (χ0v) is 18.7. The molecule has 0 saturated heterocycles. The number of carbonyl (C=O) groups excluding carboxylic acids is 1. The van der Waals surface area contributed by atoms with E-state index in [4.69, 9.17) is 13.9 Å². The van der Waals surface area contributed by atoms with Crippen LogP contribution >= 0.6 is 0 Å². The van der Waals surface area contributed by atoms with E-state index in [1.54, 1.807) is 37.3 Å². The van der Waals surface area contributed by atoms with Crippen molar-refractivity contribution in [3.05, 3.63) is 105 Å². The summed E-state index contributed by atoms with van der Waals surface area (Å²) >= 11 is 0. The van der Waals surface area contributed by atoms with Gasteiger partial charge in [0.2, 0.25) is 5.76 Å². The Hall–Kier alpha value is -4.13. The van der Waals surface area contributed by atoms with E-state index < -0.39 is 17.3 Å². The fourth-order valence-electron chi connectivity index (χ4n) is 4.42. The Labute approximate surface area is 195 Å². The number of nitrogens with zero attached hydrogens (tertiary/aromatic N) is 1. The van der Waals surface area contributed by atoms with Crippen LogP contribution in [0.5, 0.6) is 11.5 Å². The smallest absolute Gasteiger partial charge is 0.290 e. The summed E-state index contributed by atoms with van der Waals surface area (Å²) in [5.74, 6) is 0.422. The summed E-state index contributed by atoms with van der Waals surface area (Å²) in [5.41, 5.74) is 1.71. The second-order valence-corrected chi connectivity index (χ2v) is 8.09. The summed E-state index contributed by atoms with van der Waals surface area (Å²) < 4.78 is 30.4. The number of amides is 1. The Balaban J connectivity index is 1.61. The molecule has 0 N–H and O–H groups in total. The molecular formula is C27H22FNO5. The molecule has 0 aliphatic carbocycles. The van der Waals surface area contributed by atoms with Crippen molar-refractivity contribution in [3.63, 3.8) is 0 Å². The Morgan fingerprint density at radius 2 is 1.71 bits per heavy atom. The maximum atomic E-state index is 13.9. The summed E-state index contributed by atoms with van der Waals surface area (Å²) in [6, 6.07) is 17.9. The van der Waals surface area contributed by atoms with Crippen molar-refractivity contribution in [2.75, 3.05) is 20.8 Å². The van der Waals surface area contributed by atoms with E-state index in [1.807, 2.05) is 30.3 Å². The number of hydrogen-bond acceptors (Lipinski definition) is 5. The second-order valence-electron chi connectivity index (χ2n) is 8.09. The highest BCUT2D eigenvalue weighted by molar-refractivity contribution is 5.99. The number of hydrogen-bond donors (Lipinski definition) is 0. The minimum absolute atomic E-state index is 0.00772. The molecule has 172 valence electrons. The van der Waals surface area contributed by atoms with Gasteiger partial charge in [-0.3, -0.25) is 9.59 Å². The number of halogens is 1. The van der Waals surface area contributed by atoms with Gasteiger partial charge in [-0.25, -0.2) is 4.39 Å². The maximum absolute atomic E-state index is 13.9. The third-order valence-electron chi connectivity index (χ3n) is 6.14. The van der Waals surface area contributed by atoms with Crippen molar-refractivity contribution in [2.24, 2.45) is 0 Å². The number of benzene rings is 3. The molecule has 4 aromatic rings. The lowest BCUT2D eigenvalue weighted by atomic mass is 9.98. The average molecular weight is 459 g/mol. The summed E-state index contributed by atoms with van der Waals surface area (Å²) in [5, 5.41) is 0.108. The molecule has 2 heterocycles. The van der Waals surface area contributed by atoms with Crippen molar-refractivity contribution in [1.82, 2.24) is 4.90 Å². The van der Waals surface area contributed by atoms with Crippen LogP contribution in [0.15, 0.2) is 75.9 Å². The van der Waals surface area contributed by atoms with Gasteiger partial charge in [0, 0.05) is 6.54 Å². The third kappa shape index (κ3) is 3.69. The van der Waals surface area contributed by atoms with E-state index in [2.05, 4.69) is 0 Å². The highest BCUT2D eigenvalue weighted by Gasteiger charge is 2.42. The Bertz CT molecular complexity index is 1440. The minimum Gasteiger partial charge on any atom is -0.497 e. The van der Waals surface area contributed by atoms with Crippen LogP contribution in [-0.2, 0) is 6.42 Å². The molecule has 1 aromatic heterocycles. The van der Waals surface area contributed by atoms with Crippen LogP contribution in [-0.4, -0.2) is 31.6 Å². The van der Waals surface area contributed by atoms with Gasteiger partial charge in [-0.05, 0) is 60.0 Å². The summed E-state index contributed by atoms with van der Waals surface area (Å²) in [6.07, 6.45) is 0.562. The average Bonchev–Trinajstić information content (AvgIpc) is 3.15. The summed E-state index contributed by atoms with van der Waals surface area (Å²) in [4.78, 5) is 28.6. The molecule has 34 heavy (non-hydrogen) atoms. The molecule has 0 fully saturated rings. The highest BCUT2D eigenvalue weighted by atomic mass is 19.1. The van der Waals surface area contributed by atoms with Crippen molar-refractivity contribution in [2.45, 2.75) is 12.5 Å². The lowest BCUT2D eigenvalue weighted by molar-refractivity contribution is 0.0730. The highest BCUT2D eigenvalue weighted by Crippen LogP contribution is 2.39. The lowest BCUT2D eigenvalue weighted by Crippen LogP contribution is -2.31. The van der Waals surface area contributed by atoms with Gasteiger partial charge in [-0.2, -0.15) is 0 Å². The number of ether oxygens (including phenoxy) is 2. The molecule has 1 aliphatic heterocycles. The van der Waals surface area contributed by atoms with Crippen molar-refractivity contribution >= 4 is 16.9 Å². The first-order valence-corrected chi connectivity index (χ1v) is 10.8. The molecule has 1 atom stereocenters. The molecule has 0 unspecified atom stereocenters. The molecule has 3 aromatic carbocycles. The van der Waals surface area contributed by atoms with Gasteiger partial charge < -0.3 is 18.8 Å². The van der Waals surface area contributed by atoms with Crippen molar-refractivity contribution in [1.29, 1.82) is 0 Å². The maximum Gasteiger partial charge on any atom is 0.290 e. The Morgan fingerprint density at radius 1 is 0.941 bits per heavy atom. The SMILES string of the molecule is COc1ccc(CCN2C(=O)c3oc4ccc(F)cc4c(=O)c3[C@@H]2c2cccc(OC)c2)cc1. The van der Waals surface area contributed by atoms with E-state index in [0.717, 1.165) is 17.4 Å². The first kappa shape index (κ1) is 21.7. The van der Waals surface area contributed by atoms with Gasteiger partial charge in [0.15, 0.2) is 5.43 Å². The molecule has 0 saturated carbocycles. The number of fused-ring (bicyclic) bond motifs is 2. The first-order chi connectivity index (χ1) is 16.5. The molecule has 6 nitrogen and oxygen atoms in total. The van der Waals surface area contributed by atoms with Crippen molar-refractivity contribution in [3.8, 4) is 11.5 Å². The molecule has 5 rings (SSSR count). The van der Waals surface area contributed by atoms with Gasteiger partial charge in [0.25, 0.3) is 5.91 Å². The number of carbonyl (C=O) groups is 1. The van der Waals surface area contributed by atoms with Gasteiger partial charge >= 0.3 is 0 Å². The minimum atomic E-state index is -0.681. The number of rotatable bonds is 6. The lowest BCUT2D eigenvalue weighted by Gasteiger charge is -2.25. The van der Waals surface area contributed by atoms with Crippen LogP contribution < -0.4 is 14.9 Å². The van der Waals surface area contributed by atoms with E-state index in [1.165, 1.54) is 12.1 Å². The van der Waals surface area contributed by atoms with Crippen LogP contribution in [0.1, 0.15) is 33.3 Å². The van der Waals surface area contributed by atoms with Crippen LogP contribution in [0.25, 0.3) is 11.0 Å². The molecular weight excluding hydrogens is 437 g/mol. The zero-order valence-electron chi connectivity index (χ0n) is 18.7. The molecule has 0 spiro atoms. The fraction of sp³-hybridized carbons (Fsp3) is 0.185. The third-order valence-corrected chi connectivity index (χ3v) is 6.14. The van der Waals surface area contributed by atoms with E-state index in [0.29, 0.717) is 24.3 Å². The molecule has 7 heteroatoms. The summed E-state index contributed by atoms with van der Waals surface area (Å²) in [6.45, 7) is 0.349. The van der Waals surface area contributed by atoms with E-state index in [-0.39, 0.29) is 28.2 Å². The van der Waals surface area contributed by atoms with Crippen molar-refractivity contribution < 1.29 is 23.1 Å². The largest absolute Gasteiger partial charge is 0.497 e. The van der Waals surface area contributed by atoms with E-state index in [9.17, 15) is 14.0 Å². The van der Waals surface area contributed by atoms with Gasteiger partial charge in [-0.15, -0.1) is 0 Å². The van der Waals surface area contributed by atoms with Gasteiger partial charge in [-0.1, -0.05) is 24.3 Å². The topological polar surface area (TPSA) is 69.0 Å². The van der Waals surface area contributed by atoms with Crippen LogP contribution in [0, 0.1) is 5.82 Å². The fourth-order valence-corrected chi connectivity index (χ4v) is 4.42. The zero-order chi connectivity index (χ0) is 23.8. The molecule has 1 aliphatic rings.